The molecule has 1 fully saturated rings. The molecule has 1 aromatic carbocycles. The van der Waals surface area contributed by atoms with E-state index in [0.29, 0.717) is 37.6 Å². The van der Waals surface area contributed by atoms with Crippen LogP contribution in [0.25, 0.3) is 0 Å². The summed E-state index contributed by atoms with van der Waals surface area (Å²) in [6, 6.07) is 7.20. The SMILES string of the molecule is CCCS(=O)(=O)c1ccccc1N1CCOCC1CN. The second-order valence-corrected chi connectivity index (χ2v) is 7.02. The van der Waals surface area contributed by atoms with Crippen LogP contribution in [0.2, 0.25) is 0 Å². The fourth-order valence-corrected chi connectivity index (χ4v) is 4.05. The van der Waals surface area contributed by atoms with Crippen LogP contribution in [0, 0.1) is 0 Å². The Kier molecular flexibility index (Phi) is 5.01. The minimum atomic E-state index is -3.25. The Labute approximate surface area is 120 Å². The maximum Gasteiger partial charge on any atom is 0.180 e. The average Bonchev–Trinajstić information content (AvgIpc) is 2.47. The van der Waals surface area contributed by atoms with E-state index in [1.54, 1.807) is 12.1 Å². The molecule has 1 atom stereocenters. The van der Waals surface area contributed by atoms with E-state index in [2.05, 4.69) is 4.90 Å². The fraction of sp³-hybridized carbons (Fsp3) is 0.571. The van der Waals surface area contributed by atoms with Gasteiger partial charge < -0.3 is 15.4 Å². The molecule has 1 heterocycles. The minimum absolute atomic E-state index is 0.0294. The van der Waals surface area contributed by atoms with Gasteiger partial charge >= 0.3 is 0 Å². The van der Waals surface area contributed by atoms with Crippen LogP contribution in [0.3, 0.4) is 0 Å². The average molecular weight is 298 g/mol. The van der Waals surface area contributed by atoms with E-state index in [4.69, 9.17) is 10.5 Å². The van der Waals surface area contributed by atoms with Gasteiger partial charge in [-0.05, 0) is 18.6 Å². The summed E-state index contributed by atoms with van der Waals surface area (Å²) >= 11 is 0. The normalized spacial score (nSPS) is 20.1. The van der Waals surface area contributed by atoms with Gasteiger partial charge in [0.2, 0.25) is 0 Å². The molecule has 1 aliphatic heterocycles. The number of hydrogen-bond acceptors (Lipinski definition) is 5. The molecule has 20 heavy (non-hydrogen) atoms. The van der Waals surface area contributed by atoms with Crippen molar-refractivity contribution in [3.63, 3.8) is 0 Å². The van der Waals surface area contributed by atoms with E-state index in [9.17, 15) is 8.42 Å². The topological polar surface area (TPSA) is 72.6 Å². The summed E-state index contributed by atoms with van der Waals surface area (Å²) < 4.78 is 30.2. The lowest BCUT2D eigenvalue weighted by molar-refractivity contribution is 0.0960. The monoisotopic (exact) mass is 298 g/mol. The van der Waals surface area contributed by atoms with Gasteiger partial charge in [0.15, 0.2) is 9.84 Å². The number of ether oxygens (including phenoxy) is 1. The number of para-hydroxylation sites is 1. The quantitative estimate of drug-likeness (QED) is 0.879. The van der Waals surface area contributed by atoms with Crippen LogP contribution >= 0.6 is 0 Å². The highest BCUT2D eigenvalue weighted by molar-refractivity contribution is 7.91. The molecule has 6 heteroatoms. The summed E-state index contributed by atoms with van der Waals surface area (Å²) in [5.41, 5.74) is 6.53. The first kappa shape index (κ1) is 15.3. The number of morpholine rings is 1. The molecular weight excluding hydrogens is 276 g/mol. The molecule has 0 aromatic heterocycles. The molecular formula is C14H22N2O3S. The van der Waals surface area contributed by atoms with Crippen LogP contribution in [0.15, 0.2) is 29.2 Å². The molecule has 1 aromatic rings. The zero-order valence-electron chi connectivity index (χ0n) is 11.8. The number of nitrogens with zero attached hydrogens (tertiary/aromatic N) is 1. The number of hydrogen-bond donors (Lipinski definition) is 1. The Morgan fingerprint density at radius 1 is 1.40 bits per heavy atom. The van der Waals surface area contributed by atoms with Crippen molar-refractivity contribution in [2.24, 2.45) is 5.73 Å². The molecule has 5 nitrogen and oxygen atoms in total. The predicted molar refractivity (Wildman–Crippen MR) is 79.8 cm³/mol. The van der Waals surface area contributed by atoms with Gasteiger partial charge in [0, 0.05) is 13.1 Å². The molecule has 0 radical (unpaired) electrons. The Bertz CT molecular complexity index is 545. The summed E-state index contributed by atoms with van der Waals surface area (Å²) in [4.78, 5) is 2.47. The highest BCUT2D eigenvalue weighted by atomic mass is 32.2. The molecule has 0 spiro atoms. The third-order valence-corrected chi connectivity index (χ3v) is 5.44. The molecule has 0 bridgehead atoms. The number of anilines is 1. The van der Waals surface area contributed by atoms with Crippen LogP contribution in [0.1, 0.15) is 13.3 Å². The zero-order chi connectivity index (χ0) is 14.6. The highest BCUT2D eigenvalue weighted by Gasteiger charge is 2.27. The van der Waals surface area contributed by atoms with Gasteiger partial charge in [-0.2, -0.15) is 0 Å². The van der Waals surface area contributed by atoms with Crippen molar-refractivity contribution < 1.29 is 13.2 Å². The standard InChI is InChI=1S/C14H22N2O3S/c1-2-9-20(17,18)14-6-4-3-5-13(14)16-7-8-19-11-12(16)10-15/h3-6,12H,2,7-11,15H2,1H3. The van der Waals surface area contributed by atoms with E-state index >= 15 is 0 Å². The van der Waals surface area contributed by atoms with Crippen LogP contribution in [-0.4, -0.2) is 46.5 Å². The van der Waals surface area contributed by atoms with Crippen molar-refractivity contribution in [3.05, 3.63) is 24.3 Å². The lowest BCUT2D eigenvalue weighted by Gasteiger charge is -2.37. The van der Waals surface area contributed by atoms with E-state index < -0.39 is 9.84 Å². The smallest absolute Gasteiger partial charge is 0.180 e. The maximum atomic E-state index is 12.4. The summed E-state index contributed by atoms with van der Waals surface area (Å²) in [5, 5.41) is 0. The van der Waals surface area contributed by atoms with Crippen molar-refractivity contribution in [2.45, 2.75) is 24.3 Å². The summed E-state index contributed by atoms with van der Waals surface area (Å²) in [6.45, 7) is 4.12. The first-order valence-corrected chi connectivity index (χ1v) is 8.61. The molecule has 2 rings (SSSR count). The van der Waals surface area contributed by atoms with Gasteiger partial charge in [0.05, 0.1) is 35.6 Å². The van der Waals surface area contributed by atoms with Gasteiger partial charge in [0.1, 0.15) is 0 Å². The highest BCUT2D eigenvalue weighted by Crippen LogP contribution is 2.28. The molecule has 2 N–H and O–H groups in total. The number of rotatable bonds is 5. The molecule has 1 unspecified atom stereocenters. The summed E-state index contributed by atoms with van der Waals surface area (Å²) in [6.07, 6.45) is 0.611. The second kappa shape index (κ2) is 6.56. The maximum absolute atomic E-state index is 12.4. The van der Waals surface area contributed by atoms with E-state index in [1.807, 2.05) is 19.1 Å². The summed E-state index contributed by atoms with van der Waals surface area (Å²) in [7, 11) is -3.25. The number of sulfone groups is 1. The van der Waals surface area contributed by atoms with Crippen molar-refractivity contribution in [2.75, 3.05) is 37.0 Å². The van der Waals surface area contributed by atoms with Gasteiger partial charge in [-0.15, -0.1) is 0 Å². The molecule has 0 aliphatic carbocycles. The predicted octanol–water partition coefficient (Wildman–Crippen LogP) is 1.03. The van der Waals surface area contributed by atoms with E-state index in [-0.39, 0.29) is 11.8 Å². The van der Waals surface area contributed by atoms with Crippen molar-refractivity contribution in [1.29, 1.82) is 0 Å². The number of nitrogens with two attached hydrogens (primary N) is 1. The van der Waals surface area contributed by atoms with Gasteiger partial charge in [-0.3, -0.25) is 0 Å². The Morgan fingerprint density at radius 3 is 2.85 bits per heavy atom. The largest absolute Gasteiger partial charge is 0.377 e. The van der Waals surface area contributed by atoms with Crippen LogP contribution < -0.4 is 10.6 Å². The lowest BCUT2D eigenvalue weighted by atomic mass is 10.2. The van der Waals surface area contributed by atoms with Gasteiger partial charge in [-0.25, -0.2) is 8.42 Å². The third-order valence-electron chi connectivity index (χ3n) is 3.48. The van der Waals surface area contributed by atoms with Crippen LogP contribution in [0.4, 0.5) is 5.69 Å². The van der Waals surface area contributed by atoms with Crippen LogP contribution in [0.5, 0.6) is 0 Å². The van der Waals surface area contributed by atoms with Crippen molar-refractivity contribution >= 4 is 15.5 Å². The van der Waals surface area contributed by atoms with Crippen LogP contribution in [-0.2, 0) is 14.6 Å². The molecule has 1 aliphatic rings. The van der Waals surface area contributed by atoms with Gasteiger partial charge in [0.25, 0.3) is 0 Å². The second-order valence-electron chi connectivity index (χ2n) is 4.94. The fourth-order valence-electron chi connectivity index (χ4n) is 2.50. The first-order chi connectivity index (χ1) is 9.60. The Hall–Kier alpha value is -1.11. The zero-order valence-corrected chi connectivity index (χ0v) is 12.6. The van der Waals surface area contributed by atoms with E-state index in [0.717, 1.165) is 5.69 Å². The van der Waals surface area contributed by atoms with Crippen molar-refractivity contribution in [3.8, 4) is 0 Å². The Morgan fingerprint density at radius 2 is 2.15 bits per heavy atom. The molecule has 0 amide bonds. The third kappa shape index (κ3) is 3.13. The number of benzene rings is 1. The van der Waals surface area contributed by atoms with E-state index in [1.165, 1.54) is 0 Å². The lowest BCUT2D eigenvalue weighted by Crippen LogP contribution is -2.50. The molecule has 0 saturated carbocycles. The minimum Gasteiger partial charge on any atom is -0.377 e. The Balaban J connectivity index is 2.41. The first-order valence-electron chi connectivity index (χ1n) is 6.96. The van der Waals surface area contributed by atoms with Crippen molar-refractivity contribution in [1.82, 2.24) is 0 Å². The molecule has 112 valence electrons. The van der Waals surface area contributed by atoms with Gasteiger partial charge in [-0.1, -0.05) is 19.1 Å². The molecule has 1 saturated heterocycles. The summed E-state index contributed by atoms with van der Waals surface area (Å²) in [5.74, 6) is 0.168.